The Hall–Kier alpha value is -1.56. The molecule has 0 unspecified atom stereocenters. The van der Waals surface area contributed by atoms with E-state index in [2.05, 4.69) is 11.8 Å². The molecule has 2 nitrogen and oxygen atoms in total. The van der Waals surface area contributed by atoms with Crippen LogP contribution in [0.25, 0.3) is 0 Å². The number of benzene rings is 1. The van der Waals surface area contributed by atoms with Crippen LogP contribution in [0, 0.1) is 24.3 Å². The Balaban J connectivity index is 3.12. The van der Waals surface area contributed by atoms with Crippen LogP contribution in [0.15, 0.2) is 18.2 Å². The standard InChI is InChI=1S/C8H5FNO/c1-11-7-3-2-6(5-10)8(9)4-7/h2-4H,1H2. The van der Waals surface area contributed by atoms with Crippen molar-refractivity contribution in [2.45, 2.75) is 0 Å². The summed E-state index contributed by atoms with van der Waals surface area (Å²) in [6, 6.07) is 5.64. The van der Waals surface area contributed by atoms with E-state index < -0.39 is 5.82 Å². The molecule has 0 aliphatic carbocycles. The summed E-state index contributed by atoms with van der Waals surface area (Å²) in [6.07, 6.45) is 0. The van der Waals surface area contributed by atoms with Crippen molar-refractivity contribution in [1.29, 1.82) is 5.26 Å². The van der Waals surface area contributed by atoms with Gasteiger partial charge in [0.05, 0.1) is 5.56 Å². The van der Waals surface area contributed by atoms with Crippen LogP contribution in [-0.4, -0.2) is 0 Å². The van der Waals surface area contributed by atoms with Gasteiger partial charge in [0.15, 0.2) is 0 Å². The summed E-state index contributed by atoms with van der Waals surface area (Å²) < 4.78 is 17.2. The van der Waals surface area contributed by atoms with Crippen molar-refractivity contribution in [3.05, 3.63) is 36.7 Å². The topological polar surface area (TPSA) is 33.0 Å². The van der Waals surface area contributed by atoms with E-state index in [1.807, 2.05) is 0 Å². The molecule has 0 N–H and O–H groups in total. The van der Waals surface area contributed by atoms with Crippen molar-refractivity contribution < 1.29 is 9.13 Å². The van der Waals surface area contributed by atoms with E-state index >= 15 is 0 Å². The summed E-state index contributed by atoms with van der Waals surface area (Å²) in [4.78, 5) is 0. The molecule has 0 bridgehead atoms. The lowest BCUT2D eigenvalue weighted by Crippen LogP contribution is -1.85. The Morgan fingerprint density at radius 2 is 2.27 bits per heavy atom. The van der Waals surface area contributed by atoms with Gasteiger partial charge in [-0.15, -0.1) is 0 Å². The van der Waals surface area contributed by atoms with Crippen LogP contribution in [0.4, 0.5) is 4.39 Å². The van der Waals surface area contributed by atoms with Crippen LogP contribution in [0.5, 0.6) is 5.75 Å². The van der Waals surface area contributed by atoms with Gasteiger partial charge in [0.2, 0.25) is 0 Å². The molecular weight excluding hydrogens is 145 g/mol. The molecule has 1 rings (SSSR count). The van der Waals surface area contributed by atoms with Crippen molar-refractivity contribution in [3.8, 4) is 11.8 Å². The molecule has 11 heavy (non-hydrogen) atoms. The predicted octanol–water partition coefficient (Wildman–Crippen LogP) is 1.87. The van der Waals surface area contributed by atoms with E-state index in [-0.39, 0.29) is 5.56 Å². The van der Waals surface area contributed by atoms with E-state index in [0.29, 0.717) is 5.75 Å². The molecule has 1 radical (unpaired) electrons. The first-order valence-electron chi connectivity index (χ1n) is 2.89. The number of halogens is 1. The maximum absolute atomic E-state index is 12.7. The fourth-order valence-electron chi connectivity index (χ4n) is 0.676. The monoisotopic (exact) mass is 150 g/mol. The number of hydrogen-bond donors (Lipinski definition) is 0. The average molecular weight is 150 g/mol. The SMILES string of the molecule is [CH2]Oc1ccc(C#N)c(F)c1. The zero-order chi connectivity index (χ0) is 8.27. The normalized spacial score (nSPS) is 8.82. The quantitative estimate of drug-likeness (QED) is 0.612. The highest BCUT2D eigenvalue weighted by molar-refractivity contribution is 5.36. The molecule has 0 saturated heterocycles. The first-order chi connectivity index (χ1) is 5.27. The van der Waals surface area contributed by atoms with Gasteiger partial charge in [0.1, 0.15) is 24.7 Å². The van der Waals surface area contributed by atoms with Crippen LogP contribution in [0.2, 0.25) is 0 Å². The minimum atomic E-state index is -0.589. The molecule has 55 valence electrons. The minimum Gasteiger partial charge on any atom is -0.490 e. The molecule has 0 spiro atoms. The van der Waals surface area contributed by atoms with Gasteiger partial charge in [-0.3, -0.25) is 0 Å². The highest BCUT2D eigenvalue weighted by Gasteiger charge is 2.01. The second kappa shape index (κ2) is 3.02. The van der Waals surface area contributed by atoms with Crippen molar-refractivity contribution >= 4 is 0 Å². The molecule has 0 saturated carbocycles. The number of rotatable bonds is 1. The Kier molecular flexibility index (Phi) is 2.07. The van der Waals surface area contributed by atoms with Crippen LogP contribution in [0.3, 0.4) is 0 Å². The Labute approximate surface area is 63.8 Å². The maximum atomic E-state index is 12.7. The summed E-state index contributed by atoms with van der Waals surface area (Å²) >= 11 is 0. The van der Waals surface area contributed by atoms with Crippen LogP contribution >= 0.6 is 0 Å². The number of ether oxygens (including phenoxy) is 1. The van der Waals surface area contributed by atoms with Gasteiger partial charge in [0, 0.05) is 6.07 Å². The molecule has 0 fully saturated rings. The average Bonchev–Trinajstić information content (AvgIpc) is 2.04. The zero-order valence-electron chi connectivity index (χ0n) is 5.67. The molecule has 0 aliphatic rings. The van der Waals surface area contributed by atoms with Gasteiger partial charge >= 0.3 is 0 Å². The number of nitriles is 1. The van der Waals surface area contributed by atoms with Crippen molar-refractivity contribution in [2.24, 2.45) is 0 Å². The Bertz CT molecular complexity index is 303. The third kappa shape index (κ3) is 1.47. The van der Waals surface area contributed by atoms with Gasteiger partial charge in [0.25, 0.3) is 0 Å². The third-order valence-corrected chi connectivity index (χ3v) is 1.23. The minimum absolute atomic E-state index is 0.00537. The van der Waals surface area contributed by atoms with Crippen molar-refractivity contribution in [2.75, 3.05) is 0 Å². The largest absolute Gasteiger partial charge is 0.490 e. The molecule has 0 aromatic heterocycles. The first-order valence-corrected chi connectivity index (χ1v) is 2.89. The lowest BCUT2D eigenvalue weighted by molar-refractivity contribution is 0.467. The molecule has 0 amide bonds. The highest BCUT2D eigenvalue weighted by atomic mass is 19.1. The van der Waals surface area contributed by atoms with Crippen LogP contribution in [-0.2, 0) is 0 Å². The van der Waals surface area contributed by atoms with Gasteiger partial charge in [-0.1, -0.05) is 0 Å². The number of nitrogens with zero attached hydrogens (tertiary/aromatic N) is 1. The Morgan fingerprint density at radius 1 is 1.55 bits per heavy atom. The Morgan fingerprint density at radius 3 is 2.73 bits per heavy atom. The molecule has 0 heterocycles. The maximum Gasteiger partial charge on any atom is 0.144 e. The third-order valence-electron chi connectivity index (χ3n) is 1.23. The van der Waals surface area contributed by atoms with E-state index in [1.165, 1.54) is 12.1 Å². The summed E-state index contributed by atoms with van der Waals surface area (Å²) in [7, 11) is 3.10. The summed E-state index contributed by atoms with van der Waals surface area (Å²) in [5.74, 6) is -0.282. The van der Waals surface area contributed by atoms with Gasteiger partial charge < -0.3 is 4.74 Å². The van der Waals surface area contributed by atoms with Gasteiger partial charge in [-0.2, -0.15) is 5.26 Å². The zero-order valence-corrected chi connectivity index (χ0v) is 5.67. The van der Waals surface area contributed by atoms with Crippen LogP contribution in [0.1, 0.15) is 5.56 Å². The van der Waals surface area contributed by atoms with Crippen molar-refractivity contribution in [1.82, 2.24) is 0 Å². The second-order valence-electron chi connectivity index (χ2n) is 1.90. The van der Waals surface area contributed by atoms with Gasteiger partial charge in [-0.05, 0) is 12.1 Å². The molecule has 1 aromatic carbocycles. The molecule has 0 aliphatic heterocycles. The van der Waals surface area contributed by atoms with Crippen molar-refractivity contribution in [3.63, 3.8) is 0 Å². The highest BCUT2D eigenvalue weighted by Crippen LogP contribution is 2.15. The fourth-order valence-corrected chi connectivity index (χ4v) is 0.676. The molecule has 3 heteroatoms. The summed E-state index contributed by atoms with van der Waals surface area (Å²) in [6.45, 7) is 0. The summed E-state index contributed by atoms with van der Waals surface area (Å²) in [5, 5.41) is 8.34. The second-order valence-corrected chi connectivity index (χ2v) is 1.90. The molecule has 1 aromatic rings. The fraction of sp³-hybridized carbons (Fsp3) is 0. The van der Waals surface area contributed by atoms with E-state index in [1.54, 1.807) is 6.07 Å². The van der Waals surface area contributed by atoms with E-state index in [9.17, 15) is 4.39 Å². The predicted molar refractivity (Wildman–Crippen MR) is 37.1 cm³/mol. The lowest BCUT2D eigenvalue weighted by Gasteiger charge is -1.98. The smallest absolute Gasteiger partial charge is 0.144 e. The lowest BCUT2D eigenvalue weighted by atomic mass is 10.2. The molecule has 0 atom stereocenters. The van der Waals surface area contributed by atoms with E-state index in [0.717, 1.165) is 6.07 Å². The first kappa shape index (κ1) is 7.55. The molecular formula is C8H5FNO. The van der Waals surface area contributed by atoms with Crippen LogP contribution < -0.4 is 4.74 Å². The summed E-state index contributed by atoms with van der Waals surface area (Å²) in [5.41, 5.74) is 0.00537. The van der Waals surface area contributed by atoms with Gasteiger partial charge in [-0.25, -0.2) is 4.39 Å². The van der Waals surface area contributed by atoms with E-state index in [4.69, 9.17) is 5.26 Å². The number of hydrogen-bond acceptors (Lipinski definition) is 2.